The average Bonchev–Trinajstić information content (AvgIpc) is 2.31. The molecule has 4 nitrogen and oxygen atoms in total. The highest BCUT2D eigenvalue weighted by Gasteiger charge is 2.33. The number of nitrogens with zero attached hydrogens (tertiary/aromatic N) is 1. The summed E-state index contributed by atoms with van der Waals surface area (Å²) in [5, 5.41) is 3.89. The van der Waals surface area contributed by atoms with E-state index in [-0.39, 0.29) is 17.0 Å². The third kappa shape index (κ3) is 3.23. The van der Waals surface area contributed by atoms with Gasteiger partial charge in [-0.15, -0.1) is 0 Å². The minimum atomic E-state index is -3.56. The Balaban J connectivity index is 2.40. The molecule has 2 rings (SSSR count). The van der Waals surface area contributed by atoms with Gasteiger partial charge in [-0.3, -0.25) is 0 Å². The monoisotopic (exact) mass is 322 g/mol. The van der Waals surface area contributed by atoms with Crippen LogP contribution in [-0.2, 0) is 10.0 Å². The SMILES string of the molecule is CC1CN(S(=O)(=O)c2cc(Cl)cc(Cl)c2)C(C)CN1. The van der Waals surface area contributed by atoms with Crippen molar-refractivity contribution in [3.8, 4) is 0 Å². The molecule has 1 saturated heterocycles. The molecule has 2 atom stereocenters. The third-order valence-corrected chi connectivity index (χ3v) is 5.54. The van der Waals surface area contributed by atoms with Gasteiger partial charge in [0.25, 0.3) is 0 Å². The molecular weight excluding hydrogens is 307 g/mol. The minimum absolute atomic E-state index is 0.0982. The number of halogens is 2. The molecule has 0 amide bonds. The number of sulfonamides is 1. The van der Waals surface area contributed by atoms with Crippen molar-refractivity contribution in [1.82, 2.24) is 9.62 Å². The first-order chi connectivity index (χ1) is 8.80. The lowest BCUT2D eigenvalue weighted by atomic mass is 10.2. The lowest BCUT2D eigenvalue weighted by molar-refractivity contribution is 0.244. The number of rotatable bonds is 2. The molecule has 0 aromatic heterocycles. The number of nitrogens with one attached hydrogen (secondary N) is 1. The summed E-state index contributed by atoms with van der Waals surface area (Å²) in [5.74, 6) is 0. The van der Waals surface area contributed by atoms with Crippen LogP contribution in [0, 0.1) is 0 Å². The van der Waals surface area contributed by atoms with Gasteiger partial charge < -0.3 is 5.32 Å². The van der Waals surface area contributed by atoms with Gasteiger partial charge in [-0.25, -0.2) is 8.42 Å². The molecule has 1 heterocycles. The molecule has 1 aliphatic rings. The maximum absolute atomic E-state index is 12.6. The maximum atomic E-state index is 12.6. The second kappa shape index (κ2) is 5.58. The highest BCUT2D eigenvalue weighted by atomic mass is 35.5. The smallest absolute Gasteiger partial charge is 0.243 e. The standard InChI is InChI=1S/C12H16Cl2N2O2S/c1-8-7-16(9(2)6-15-8)19(17,18)12-4-10(13)3-11(14)5-12/h3-5,8-9,15H,6-7H2,1-2H3. The van der Waals surface area contributed by atoms with Crippen molar-refractivity contribution in [2.45, 2.75) is 30.8 Å². The van der Waals surface area contributed by atoms with E-state index >= 15 is 0 Å². The average molecular weight is 323 g/mol. The fraction of sp³-hybridized carbons (Fsp3) is 0.500. The first-order valence-corrected chi connectivity index (χ1v) is 8.21. The Morgan fingerprint density at radius 3 is 2.37 bits per heavy atom. The Hall–Kier alpha value is -0.330. The summed E-state index contributed by atoms with van der Waals surface area (Å²) in [6, 6.07) is 4.41. The summed E-state index contributed by atoms with van der Waals surface area (Å²) < 4.78 is 26.8. The topological polar surface area (TPSA) is 49.4 Å². The van der Waals surface area contributed by atoms with Crippen LogP contribution in [-0.4, -0.2) is 37.9 Å². The third-order valence-electron chi connectivity index (χ3n) is 3.15. The van der Waals surface area contributed by atoms with Crippen molar-refractivity contribution in [3.05, 3.63) is 28.2 Å². The van der Waals surface area contributed by atoms with Gasteiger partial charge in [0.2, 0.25) is 10.0 Å². The fourth-order valence-corrected chi connectivity index (χ4v) is 4.58. The lowest BCUT2D eigenvalue weighted by Crippen LogP contribution is -2.56. The van der Waals surface area contributed by atoms with E-state index in [0.29, 0.717) is 23.1 Å². The Bertz CT molecular complexity index is 557. The van der Waals surface area contributed by atoms with Crippen molar-refractivity contribution in [2.24, 2.45) is 0 Å². The van der Waals surface area contributed by atoms with E-state index < -0.39 is 10.0 Å². The molecule has 0 spiro atoms. The molecule has 1 N–H and O–H groups in total. The predicted molar refractivity (Wildman–Crippen MR) is 77.3 cm³/mol. The Kier molecular flexibility index (Phi) is 4.42. The van der Waals surface area contributed by atoms with E-state index in [1.54, 1.807) is 0 Å². The van der Waals surface area contributed by atoms with Crippen LogP contribution in [0.3, 0.4) is 0 Å². The van der Waals surface area contributed by atoms with E-state index in [1.807, 2.05) is 13.8 Å². The summed E-state index contributed by atoms with van der Waals surface area (Å²) in [6.07, 6.45) is 0. The Morgan fingerprint density at radius 1 is 1.21 bits per heavy atom. The van der Waals surface area contributed by atoms with E-state index in [1.165, 1.54) is 22.5 Å². The van der Waals surface area contributed by atoms with Gasteiger partial charge in [-0.05, 0) is 32.0 Å². The van der Waals surface area contributed by atoms with E-state index in [0.717, 1.165) is 0 Å². The number of piperazine rings is 1. The summed E-state index contributed by atoms with van der Waals surface area (Å²) in [6.45, 7) is 4.91. The second-order valence-corrected chi connectivity index (χ2v) is 7.60. The first-order valence-electron chi connectivity index (χ1n) is 6.02. The van der Waals surface area contributed by atoms with Gasteiger partial charge >= 0.3 is 0 Å². The van der Waals surface area contributed by atoms with Crippen LogP contribution >= 0.6 is 23.2 Å². The largest absolute Gasteiger partial charge is 0.311 e. The van der Waals surface area contributed by atoms with Crippen molar-refractivity contribution in [3.63, 3.8) is 0 Å². The number of hydrogen-bond acceptors (Lipinski definition) is 3. The van der Waals surface area contributed by atoms with Crippen molar-refractivity contribution in [1.29, 1.82) is 0 Å². The zero-order valence-corrected chi connectivity index (χ0v) is 13.1. The molecule has 7 heteroatoms. The highest BCUT2D eigenvalue weighted by molar-refractivity contribution is 7.89. The highest BCUT2D eigenvalue weighted by Crippen LogP contribution is 2.26. The second-order valence-electron chi connectivity index (χ2n) is 4.84. The Labute approximate surface area is 123 Å². The molecule has 1 aromatic carbocycles. The first kappa shape index (κ1) is 15.1. The van der Waals surface area contributed by atoms with Gasteiger partial charge in [-0.1, -0.05) is 23.2 Å². The van der Waals surface area contributed by atoms with Crippen molar-refractivity contribution >= 4 is 33.2 Å². The van der Waals surface area contributed by atoms with Crippen molar-refractivity contribution in [2.75, 3.05) is 13.1 Å². The van der Waals surface area contributed by atoms with Gasteiger partial charge in [0.1, 0.15) is 0 Å². The van der Waals surface area contributed by atoms with Crippen LogP contribution in [0.15, 0.2) is 23.1 Å². The molecule has 1 aromatic rings. The van der Waals surface area contributed by atoms with Crippen LogP contribution in [0.1, 0.15) is 13.8 Å². The number of benzene rings is 1. The normalized spacial score (nSPS) is 25.5. The molecule has 0 radical (unpaired) electrons. The van der Waals surface area contributed by atoms with Gasteiger partial charge in [0.05, 0.1) is 4.90 Å². The molecule has 1 aliphatic heterocycles. The fourth-order valence-electron chi connectivity index (χ4n) is 2.14. The molecule has 106 valence electrons. The zero-order valence-electron chi connectivity index (χ0n) is 10.7. The molecule has 0 bridgehead atoms. The molecule has 2 unspecified atom stereocenters. The molecular formula is C12H16Cl2N2O2S. The maximum Gasteiger partial charge on any atom is 0.243 e. The quantitative estimate of drug-likeness (QED) is 0.909. The van der Waals surface area contributed by atoms with Gasteiger partial charge in [0.15, 0.2) is 0 Å². The summed E-state index contributed by atoms with van der Waals surface area (Å²) in [4.78, 5) is 0.144. The van der Waals surface area contributed by atoms with E-state index in [2.05, 4.69) is 5.32 Å². The van der Waals surface area contributed by atoms with Gasteiger partial charge in [-0.2, -0.15) is 4.31 Å². The number of hydrogen-bond donors (Lipinski definition) is 1. The van der Waals surface area contributed by atoms with Crippen LogP contribution in [0.25, 0.3) is 0 Å². The summed E-state index contributed by atoms with van der Waals surface area (Å²) in [5.41, 5.74) is 0. The van der Waals surface area contributed by atoms with Crippen LogP contribution in [0.4, 0.5) is 0 Å². The lowest BCUT2D eigenvalue weighted by Gasteiger charge is -2.36. The summed E-state index contributed by atoms with van der Waals surface area (Å²) >= 11 is 11.8. The van der Waals surface area contributed by atoms with E-state index in [9.17, 15) is 8.42 Å². The van der Waals surface area contributed by atoms with Crippen molar-refractivity contribution < 1.29 is 8.42 Å². The van der Waals surface area contributed by atoms with Gasteiger partial charge in [0, 0.05) is 35.2 Å². The molecule has 1 fully saturated rings. The molecule has 0 saturated carbocycles. The molecule has 0 aliphatic carbocycles. The Morgan fingerprint density at radius 2 is 1.79 bits per heavy atom. The minimum Gasteiger partial charge on any atom is -0.311 e. The van der Waals surface area contributed by atoms with E-state index in [4.69, 9.17) is 23.2 Å². The van der Waals surface area contributed by atoms with Crippen LogP contribution in [0.2, 0.25) is 10.0 Å². The predicted octanol–water partition coefficient (Wildman–Crippen LogP) is 2.36. The molecule has 19 heavy (non-hydrogen) atoms. The van der Waals surface area contributed by atoms with Crippen LogP contribution in [0.5, 0.6) is 0 Å². The zero-order chi connectivity index (χ0) is 14.2. The summed E-state index contributed by atoms with van der Waals surface area (Å²) in [7, 11) is -3.56. The van der Waals surface area contributed by atoms with Crippen LogP contribution < -0.4 is 5.32 Å².